The van der Waals surface area contributed by atoms with Crippen molar-refractivity contribution in [1.29, 1.82) is 0 Å². The summed E-state index contributed by atoms with van der Waals surface area (Å²) in [6, 6.07) is 2.15. The maximum atomic E-state index is 5.62. The number of aromatic nitrogens is 2. The minimum atomic E-state index is 0.446. The predicted molar refractivity (Wildman–Crippen MR) is 62.2 cm³/mol. The van der Waals surface area contributed by atoms with Gasteiger partial charge in [0, 0.05) is 12.1 Å². The van der Waals surface area contributed by atoms with E-state index in [1.165, 1.54) is 25.6 Å². The van der Waals surface area contributed by atoms with E-state index in [2.05, 4.69) is 21.9 Å². The first-order chi connectivity index (χ1) is 7.75. The van der Waals surface area contributed by atoms with Crippen molar-refractivity contribution in [2.75, 3.05) is 25.9 Å². The average molecular weight is 222 g/mol. The van der Waals surface area contributed by atoms with Crippen LogP contribution in [0.25, 0.3) is 0 Å². The maximum Gasteiger partial charge on any atom is 0.218 e. The first-order valence-electron chi connectivity index (χ1n) is 5.66. The van der Waals surface area contributed by atoms with Crippen molar-refractivity contribution in [3.05, 3.63) is 12.4 Å². The highest BCUT2D eigenvalue weighted by Gasteiger charge is 2.19. The molecule has 5 heteroatoms. The maximum absolute atomic E-state index is 5.62. The topological polar surface area (TPSA) is 64.3 Å². The van der Waals surface area contributed by atoms with E-state index in [-0.39, 0.29) is 0 Å². The third kappa shape index (κ3) is 2.82. The quantitative estimate of drug-likeness (QED) is 0.824. The molecule has 1 unspecified atom stereocenters. The van der Waals surface area contributed by atoms with Gasteiger partial charge in [0.2, 0.25) is 5.88 Å². The molecule has 0 radical (unpaired) electrons. The average Bonchev–Trinajstić information content (AvgIpc) is 2.28. The zero-order chi connectivity index (χ0) is 11.4. The third-order valence-electron chi connectivity index (χ3n) is 3.01. The highest BCUT2D eigenvalue weighted by molar-refractivity contribution is 5.30. The van der Waals surface area contributed by atoms with Gasteiger partial charge < -0.3 is 15.4 Å². The largest absolute Gasteiger partial charge is 0.476 e. The lowest BCUT2D eigenvalue weighted by Gasteiger charge is -2.31. The molecule has 0 saturated carbocycles. The van der Waals surface area contributed by atoms with Crippen molar-refractivity contribution in [1.82, 2.24) is 14.9 Å². The summed E-state index contributed by atoms with van der Waals surface area (Å²) in [5, 5.41) is 0. The lowest BCUT2D eigenvalue weighted by Crippen LogP contribution is -2.40. The predicted octanol–water partition coefficient (Wildman–Crippen LogP) is 0.922. The van der Waals surface area contributed by atoms with Gasteiger partial charge in [-0.3, -0.25) is 0 Å². The van der Waals surface area contributed by atoms with Gasteiger partial charge in [-0.25, -0.2) is 9.97 Å². The minimum absolute atomic E-state index is 0.446. The molecule has 1 saturated heterocycles. The van der Waals surface area contributed by atoms with Crippen molar-refractivity contribution >= 4 is 5.82 Å². The number of likely N-dealkylation sites (tertiary alicyclic amines) is 1. The normalized spacial score (nSPS) is 21.9. The minimum Gasteiger partial charge on any atom is -0.476 e. The van der Waals surface area contributed by atoms with E-state index in [1.807, 2.05) is 0 Å². The summed E-state index contributed by atoms with van der Waals surface area (Å²) in [6.45, 7) is 1.83. The number of hydrogen-bond acceptors (Lipinski definition) is 5. The molecule has 1 aromatic heterocycles. The van der Waals surface area contributed by atoms with Crippen LogP contribution in [0.15, 0.2) is 12.4 Å². The Balaban J connectivity index is 1.86. The fraction of sp³-hybridized carbons (Fsp3) is 0.636. The molecule has 16 heavy (non-hydrogen) atoms. The molecule has 88 valence electrons. The molecular formula is C11H18N4O. The van der Waals surface area contributed by atoms with Gasteiger partial charge in [0.25, 0.3) is 0 Å². The van der Waals surface area contributed by atoms with E-state index >= 15 is 0 Å². The first-order valence-corrected chi connectivity index (χ1v) is 5.66. The number of ether oxygens (including phenoxy) is 1. The second-order valence-electron chi connectivity index (χ2n) is 4.22. The number of nitrogens with two attached hydrogens (primary N) is 1. The number of piperidine rings is 1. The molecular weight excluding hydrogens is 204 g/mol. The summed E-state index contributed by atoms with van der Waals surface area (Å²) >= 11 is 0. The molecule has 1 fully saturated rings. The fourth-order valence-corrected chi connectivity index (χ4v) is 1.97. The Morgan fingerprint density at radius 3 is 3.12 bits per heavy atom. The molecule has 0 bridgehead atoms. The van der Waals surface area contributed by atoms with E-state index < -0.39 is 0 Å². The molecule has 5 nitrogen and oxygen atoms in total. The van der Waals surface area contributed by atoms with Crippen molar-refractivity contribution in [3.63, 3.8) is 0 Å². The molecule has 1 aliphatic rings. The number of likely N-dealkylation sites (N-methyl/N-ethyl adjacent to an activating group) is 1. The van der Waals surface area contributed by atoms with Crippen LogP contribution in [-0.2, 0) is 0 Å². The standard InChI is InChI=1S/C11H18N4O/c1-15-5-3-2-4-9(15)7-16-11-6-10(12)13-8-14-11/h6,8-9H,2-5,7H2,1H3,(H2,12,13,14). The van der Waals surface area contributed by atoms with Gasteiger partial charge in [-0.15, -0.1) is 0 Å². The molecule has 1 aromatic rings. The second-order valence-corrected chi connectivity index (χ2v) is 4.22. The lowest BCUT2D eigenvalue weighted by atomic mass is 10.0. The molecule has 1 atom stereocenters. The Morgan fingerprint density at radius 1 is 1.50 bits per heavy atom. The van der Waals surface area contributed by atoms with E-state index in [0.717, 1.165) is 6.54 Å². The van der Waals surface area contributed by atoms with Crippen LogP contribution < -0.4 is 10.5 Å². The first kappa shape index (κ1) is 11.1. The van der Waals surface area contributed by atoms with Crippen LogP contribution in [0.3, 0.4) is 0 Å². The molecule has 0 aliphatic carbocycles. The van der Waals surface area contributed by atoms with Crippen LogP contribution in [0.1, 0.15) is 19.3 Å². The monoisotopic (exact) mass is 222 g/mol. The van der Waals surface area contributed by atoms with Crippen molar-refractivity contribution in [3.8, 4) is 5.88 Å². The smallest absolute Gasteiger partial charge is 0.218 e. The Bertz CT molecular complexity index is 345. The summed E-state index contributed by atoms with van der Waals surface area (Å²) in [5.74, 6) is 1.01. The molecule has 0 aromatic carbocycles. The van der Waals surface area contributed by atoms with Crippen LogP contribution >= 0.6 is 0 Å². The summed E-state index contributed by atoms with van der Waals surface area (Å²) in [5.41, 5.74) is 5.55. The molecule has 2 N–H and O–H groups in total. The molecule has 2 heterocycles. The Hall–Kier alpha value is -1.36. The van der Waals surface area contributed by atoms with E-state index in [1.54, 1.807) is 6.07 Å². The van der Waals surface area contributed by atoms with Gasteiger partial charge in [-0.05, 0) is 26.4 Å². The number of hydrogen-bond donors (Lipinski definition) is 1. The van der Waals surface area contributed by atoms with Crippen molar-refractivity contribution in [2.24, 2.45) is 0 Å². The van der Waals surface area contributed by atoms with Gasteiger partial charge >= 0.3 is 0 Å². The van der Waals surface area contributed by atoms with Gasteiger partial charge in [-0.2, -0.15) is 0 Å². The van der Waals surface area contributed by atoms with Crippen molar-refractivity contribution < 1.29 is 4.74 Å². The zero-order valence-corrected chi connectivity index (χ0v) is 9.59. The van der Waals surface area contributed by atoms with Crippen LogP contribution in [0.2, 0.25) is 0 Å². The highest BCUT2D eigenvalue weighted by atomic mass is 16.5. The second kappa shape index (κ2) is 5.12. The summed E-state index contributed by atoms with van der Waals surface area (Å²) < 4.78 is 5.62. The van der Waals surface area contributed by atoms with Crippen LogP contribution in [-0.4, -0.2) is 41.1 Å². The van der Waals surface area contributed by atoms with Gasteiger partial charge in [0.15, 0.2) is 0 Å². The van der Waals surface area contributed by atoms with E-state index in [4.69, 9.17) is 10.5 Å². The van der Waals surface area contributed by atoms with Gasteiger partial charge in [0.05, 0.1) is 0 Å². The summed E-state index contributed by atoms with van der Waals surface area (Å²) in [7, 11) is 2.14. The Morgan fingerprint density at radius 2 is 2.38 bits per heavy atom. The fourth-order valence-electron chi connectivity index (χ4n) is 1.97. The number of nitrogen functional groups attached to an aromatic ring is 1. The molecule has 0 spiro atoms. The molecule has 1 aliphatic heterocycles. The Kier molecular flexibility index (Phi) is 3.56. The van der Waals surface area contributed by atoms with Gasteiger partial charge in [-0.1, -0.05) is 6.42 Å². The van der Waals surface area contributed by atoms with E-state index in [0.29, 0.717) is 24.3 Å². The zero-order valence-electron chi connectivity index (χ0n) is 9.59. The molecule has 2 rings (SSSR count). The number of nitrogens with zero attached hydrogens (tertiary/aromatic N) is 3. The Labute approximate surface area is 95.6 Å². The van der Waals surface area contributed by atoms with Crippen LogP contribution in [0, 0.1) is 0 Å². The van der Waals surface area contributed by atoms with Crippen molar-refractivity contribution in [2.45, 2.75) is 25.3 Å². The van der Waals surface area contributed by atoms with Crippen LogP contribution in [0.4, 0.5) is 5.82 Å². The van der Waals surface area contributed by atoms with Crippen LogP contribution in [0.5, 0.6) is 5.88 Å². The SMILES string of the molecule is CN1CCCCC1COc1cc(N)ncn1. The van der Waals surface area contributed by atoms with E-state index in [9.17, 15) is 0 Å². The molecule has 0 amide bonds. The highest BCUT2D eigenvalue weighted by Crippen LogP contribution is 2.16. The lowest BCUT2D eigenvalue weighted by molar-refractivity contribution is 0.122. The number of rotatable bonds is 3. The summed E-state index contributed by atoms with van der Waals surface area (Å²) in [4.78, 5) is 10.2. The number of anilines is 1. The van der Waals surface area contributed by atoms with Gasteiger partial charge in [0.1, 0.15) is 18.8 Å². The summed E-state index contributed by atoms with van der Waals surface area (Å²) in [6.07, 6.45) is 5.18. The third-order valence-corrected chi connectivity index (χ3v) is 3.01.